The molecule has 2 aromatic rings. The highest BCUT2D eigenvalue weighted by molar-refractivity contribution is 6.11. The van der Waals surface area contributed by atoms with Crippen molar-refractivity contribution in [3.8, 4) is 11.4 Å². The maximum atomic E-state index is 12.2. The van der Waals surface area contributed by atoms with Crippen LogP contribution in [0.25, 0.3) is 11.4 Å². The summed E-state index contributed by atoms with van der Waals surface area (Å²) in [6.07, 6.45) is 3.44. The van der Waals surface area contributed by atoms with Crippen LogP contribution in [0.3, 0.4) is 0 Å². The van der Waals surface area contributed by atoms with Crippen molar-refractivity contribution in [1.82, 2.24) is 20.1 Å². The molecular weight excluding hydrogens is 393 g/mol. The lowest BCUT2D eigenvalue weighted by molar-refractivity contribution is -0.384. The number of pyridine rings is 1. The molecule has 30 heavy (non-hydrogen) atoms. The number of nitrogens with zero attached hydrogens (tertiary/aromatic N) is 4. The van der Waals surface area contributed by atoms with Crippen molar-refractivity contribution in [2.24, 2.45) is 0 Å². The quantitative estimate of drug-likeness (QED) is 0.203. The Labute approximate surface area is 173 Å². The van der Waals surface area contributed by atoms with E-state index in [0.717, 1.165) is 6.20 Å². The molecule has 1 unspecified atom stereocenters. The molecule has 0 bridgehead atoms. The van der Waals surface area contributed by atoms with Crippen molar-refractivity contribution >= 4 is 19.6 Å². The van der Waals surface area contributed by atoms with Crippen molar-refractivity contribution in [2.45, 2.75) is 44.6 Å². The van der Waals surface area contributed by atoms with Gasteiger partial charge in [0.1, 0.15) is 11.8 Å². The maximum absolute atomic E-state index is 12.2. The summed E-state index contributed by atoms with van der Waals surface area (Å²) < 4.78 is 5.74. The Bertz CT molecular complexity index is 947. The molecule has 0 aliphatic heterocycles. The van der Waals surface area contributed by atoms with Gasteiger partial charge in [-0.1, -0.05) is 6.08 Å². The van der Waals surface area contributed by atoms with E-state index in [0.29, 0.717) is 16.7 Å². The first kappa shape index (κ1) is 23.0. The Balaban J connectivity index is 2.48. The van der Waals surface area contributed by atoms with Gasteiger partial charge in [0.25, 0.3) is 0 Å². The van der Waals surface area contributed by atoms with E-state index in [-0.39, 0.29) is 11.4 Å². The van der Waals surface area contributed by atoms with Crippen LogP contribution >= 0.6 is 0 Å². The molecular formula is C18H22BN5O6. The lowest BCUT2D eigenvalue weighted by atomic mass is 10.0. The molecule has 0 aromatic carbocycles. The van der Waals surface area contributed by atoms with E-state index >= 15 is 0 Å². The summed E-state index contributed by atoms with van der Waals surface area (Å²) in [6.45, 7) is 8.85. The van der Waals surface area contributed by atoms with E-state index in [1.165, 1.54) is 12.3 Å². The third-order valence-electron chi connectivity index (χ3n) is 3.78. The topological polar surface area (TPSA) is 153 Å². The second kappa shape index (κ2) is 8.63. The molecule has 2 heterocycles. The average molecular weight is 415 g/mol. The molecule has 0 spiro atoms. The molecule has 0 fully saturated rings. The van der Waals surface area contributed by atoms with Gasteiger partial charge in [-0.2, -0.15) is 5.10 Å². The number of aromatic nitrogens is 3. The largest absolute Gasteiger partial charge is 0.444 e. The number of nitro groups is 1. The van der Waals surface area contributed by atoms with E-state index in [1.54, 1.807) is 32.9 Å². The van der Waals surface area contributed by atoms with Crippen LogP contribution in [0.2, 0.25) is 0 Å². The Morgan fingerprint density at radius 2 is 2.17 bits per heavy atom. The number of hydrogen-bond acceptors (Lipinski definition) is 8. The lowest BCUT2D eigenvalue weighted by Gasteiger charge is -2.24. The van der Waals surface area contributed by atoms with Gasteiger partial charge in [0, 0.05) is 6.20 Å². The van der Waals surface area contributed by atoms with Crippen LogP contribution in [0, 0.1) is 10.1 Å². The summed E-state index contributed by atoms with van der Waals surface area (Å²) in [6, 6.07) is 2.45. The van der Waals surface area contributed by atoms with Crippen molar-refractivity contribution in [3.05, 3.63) is 52.9 Å². The minimum absolute atomic E-state index is 0.00493. The molecule has 2 radical (unpaired) electrons. The van der Waals surface area contributed by atoms with Crippen molar-refractivity contribution in [2.75, 3.05) is 0 Å². The highest BCUT2D eigenvalue weighted by Crippen LogP contribution is 2.32. The van der Waals surface area contributed by atoms with E-state index in [9.17, 15) is 25.1 Å². The number of nitrogens with one attached hydrogen (secondary N) is 1. The molecule has 2 rings (SSSR count). The van der Waals surface area contributed by atoms with Crippen molar-refractivity contribution < 1.29 is 24.7 Å². The zero-order valence-electron chi connectivity index (χ0n) is 16.8. The van der Waals surface area contributed by atoms with Crippen molar-refractivity contribution in [1.29, 1.82) is 0 Å². The first-order valence-electron chi connectivity index (χ1n) is 8.86. The summed E-state index contributed by atoms with van der Waals surface area (Å²) in [5, 5.41) is 37.1. The number of aliphatic hydroxyl groups is 2. The number of ether oxygens (including phenoxy) is 1. The van der Waals surface area contributed by atoms with Gasteiger partial charge in [-0.25, -0.2) is 9.48 Å². The van der Waals surface area contributed by atoms with E-state index < -0.39 is 34.2 Å². The van der Waals surface area contributed by atoms with Gasteiger partial charge in [0.2, 0.25) is 5.81 Å². The smallest absolute Gasteiger partial charge is 0.408 e. The Hall–Kier alpha value is -3.25. The fourth-order valence-electron chi connectivity index (χ4n) is 2.65. The third kappa shape index (κ3) is 5.64. The highest BCUT2D eigenvalue weighted by Gasteiger charge is 2.31. The van der Waals surface area contributed by atoms with Gasteiger partial charge in [-0.3, -0.25) is 15.1 Å². The van der Waals surface area contributed by atoms with Crippen LogP contribution in [0.4, 0.5) is 10.5 Å². The van der Waals surface area contributed by atoms with Gasteiger partial charge in [0.05, 0.1) is 16.7 Å². The number of hydrogen-bond donors (Lipinski definition) is 3. The molecule has 0 aliphatic carbocycles. The first-order valence-corrected chi connectivity index (χ1v) is 8.86. The molecule has 158 valence electrons. The Morgan fingerprint density at radius 3 is 2.70 bits per heavy atom. The monoisotopic (exact) mass is 415 g/mol. The minimum Gasteiger partial charge on any atom is -0.444 e. The number of rotatable bonds is 7. The molecule has 2 aromatic heterocycles. The van der Waals surface area contributed by atoms with Crippen LogP contribution in [0.15, 0.2) is 37.2 Å². The fraction of sp³-hybridized carbons (Fsp3) is 0.389. The molecule has 0 aliphatic rings. The summed E-state index contributed by atoms with van der Waals surface area (Å²) in [7, 11) is 5.25. The molecule has 0 saturated heterocycles. The standard InChI is InChI=1S/C18H22BN5O6/c1-5-6-12(22-16(25)30-17(2,3)4)11-7-8-20-13(9-11)15-14(24(28)29)10-21-23(15)18(19,26)27/h5,7-10,12,26-27H,1,6H2,2-4H3,(H,22,25). The molecule has 1 amide bonds. The van der Waals surface area contributed by atoms with Gasteiger partial charge in [-0.15, -0.1) is 6.58 Å². The predicted octanol–water partition coefficient (Wildman–Crippen LogP) is 1.72. The minimum atomic E-state index is -2.99. The molecule has 11 nitrogen and oxygen atoms in total. The Morgan fingerprint density at radius 1 is 1.50 bits per heavy atom. The van der Waals surface area contributed by atoms with Gasteiger partial charge >= 0.3 is 11.8 Å². The zero-order valence-corrected chi connectivity index (χ0v) is 16.8. The van der Waals surface area contributed by atoms with Crippen LogP contribution < -0.4 is 5.32 Å². The number of carbonyl (C=O) groups excluding carboxylic acids is 1. The van der Waals surface area contributed by atoms with Crippen LogP contribution in [0.5, 0.6) is 0 Å². The van der Waals surface area contributed by atoms with Gasteiger partial charge < -0.3 is 20.3 Å². The second-order valence-electron chi connectivity index (χ2n) is 7.43. The van der Waals surface area contributed by atoms with Crippen molar-refractivity contribution in [3.63, 3.8) is 0 Å². The SMILES string of the molecule is [B]C(O)(O)n1ncc([N+](=O)[O-])c1-c1cc(C(CC=C)NC(=O)OC(C)(C)C)ccn1. The fourth-order valence-corrected chi connectivity index (χ4v) is 2.65. The Kier molecular flexibility index (Phi) is 6.63. The number of amides is 1. The second-order valence-corrected chi connectivity index (χ2v) is 7.43. The van der Waals surface area contributed by atoms with Crippen LogP contribution in [-0.4, -0.2) is 49.4 Å². The summed E-state index contributed by atoms with van der Waals surface area (Å²) >= 11 is 0. The summed E-state index contributed by atoms with van der Waals surface area (Å²) in [5.41, 5.74) is -1.03. The summed E-state index contributed by atoms with van der Waals surface area (Å²) in [5.74, 6) is -2.99. The van der Waals surface area contributed by atoms with Crippen LogP contribution in [-0.2, 0) is 10.5 Å². The zero-order chi connectivity index (χ0) is 22.7. The van der Waals surface area contributed by atoms with E-state index in [1.807, 2.05) is 0 Å². The average Bonchev–Trinajstić information content (AvgIpc) is 3.05. The van der Waals surface area contributed by atoms with E-state index in [4.69, 9.17) is 12.6 Å². The highest BCUT2D eigenvalue weighted by atomic mass is 16.6. The summed E-state index contributed by atoms with van der Waals surface area (Å²) in [4.78, 5) is 26.9. The van der Waals surface area contributed by atoms with Gasteiger partial charge in [0.15, 0.2) is 13.5 Å². The third-order valence-corrected chi connectivity index (χ3v) is 3.78. The normalized spacial score (nSPS) is 12.8. The maximum Gasteiger partial charge on any atom is 0.408 e. The first-order chi connectivity index (χ1) is 13.8. The van der Waals surface area contributed by atoms with Crippen LogP contribution in [0.1, 0.15) is 38.8 Å². The number of carbonyl (C=O) groups is 1. The molecule has 1 atom stereocenters. The lowest BCUT2D eigenvalue weighted by Crippen LogP contribution is -2.35. The molecule has 12 heteroatoms. The molecule has 3 N–H and O–H groups in total. The predicted molar refractivity (Wildman–Crippen MR) is 107 cm³/mol. The number of alkyl carbamates (subject to hydrolysis) is 1. The molecule has 0 saturated carbocycles. The van der Waals surface area contributed by atoms with Gasteiger partial charge in [-0.05, 0) is 44.9 Å². The van der Waals surface area contributed by atoms with E-state index in [2.05, 4.69) is 22.0 Å².